The van der Waals surface area contributed by atoms with Crippen LogP contribution in [0.4, 0.5) is 0 Å². The lowest BCUT2D eigenvalue weighted by Crippen LogP contribution is -2.43. The number of aromatic nitrogens is 2. The predicted octanol–water partition coefficient (Wildman–Crippen LogP) is 12.4. The smallest absolute Gasteiger partial charge is 0.247 e. The molecule has 0 bridgehead atoms. The maximum absolute atomic E-state index is 3.79. The van der Waals surface area contributed by atoms with Gasteiger partial charge in [-0.05, 0) is 36.8 Å². The molecule has 2 nitrogen and oxygen atoms in total. The van der Waals surface area contributed by atoms with Crippen molar-refractivity contribution < 1.29 is 4.57 Å². The Bertz CT molecular complexity index is 1070. The molecule has 0 saturated carbocycles. The van der Waals surface area contributed by atoms with Crippen LogP contribution in [0.5, 0.6) is 0 Å². The molecule has 0 aliphatic carbocycles. The number of H-pyrrole nitrogens is 1. The molecule has 44 heavy (non-hydrogen) atoms. The summed E-state index contributed by atoms with van der Waals surface area (Å²) in [5.41, 5.74) is 2.90. The van der Waals surface area contributed by atoms with E-state index < -0.39 is 0 Å². The van der Waals surface area contributed by atoms with E-state index in [0.29, 0.717) is 5.92 Å². The van der Waals surface area contributed by atoms with Crippen LogP contribution in [-0.2, 0) is 18.4 Å². The van der Waals surface area contributed by atoms with E-state index >= 15 is 0 Å². The first-order valence-corrected chi connectivity index (χ1v) is 18.8. The molecule has 2 aromatic carbocycles. The average molecular weight is 600 g/mol. The molecule has 1 N–H and O–H groups in total. The molecule has 3 rings (SSSR count). The molecule has 0 radical (unpaired) electrons. The Morgan fingerprint density at radius 2 is 1.07 bits per heavy atom. The normalized spacial score (nSPS) is 13.6. The Labute approximate surface area is 272 Å². The molecule has 0 saturated heterocycles. The van der Waals surface area contributed by atoms with E-state index in [4.69, 9.17) is 0 Å². The summed E-state index contributed by atoms with van der Waals surface area (Å²) in [4.78, 5) is 3.79. The van der Waals surface area contributed by atoms with Gasteiger partial charge in [0.1, 0.15) is 12.4 Å². The van der Waals surface area contributed by atoms with Crippen LogP contribution < -0.4 is 4.57 Å². The van der Waals surface area contributed by atoms with Crippen LogP contribution in [0.25, 0.3) is 0 Å². The first-order chi connectivity index (χ1) is 21.7. The molecular weight excluding hydrogens is 532 g/mol. The summed E-state index contributed by atoms with van der Waals surface area (Å²) in [5, 5.41) is 0. The van der Waals surface area contributed by atoms with Gasteiger partial charge in [-0.1, -0.05) is 191 Å². The lowest BCUT2D eigenvalue weighted by atomic mass is 9.66. The van der Waals surface area contributed by atoms with Gasteiger partial charge in [0.15, 0.2) is 0 Å². The number of unbranched alkanes of at least 4 members (excludes halogenated alkanes) is 17. The highest BCUT2D eigenvalue weighted by atomic mass is 15.1. The molecule has 0 fully saturated rings. The third-order valence-electron chi connectivity index (χ3n) is 10.1. The third kappa shape index (κ3) is 12.9. The Morgan fingerprint density at radius 3 is 1.61 bits per heavy atom. The van der Waals surface area contributed by atoms with Gasteiger partial charge in [-0.25, -0.2) is 9.55 Å². The number of nitrogens with zero attached hydrogens (tertiary/aromatic N) is 1. The second-order valence-electron chi connectivity index (χ2n) is 13.8. The first-order valence-electron chi connectivity index (χ1n) is 18.8. The van der Waals surface area contributed by atoms with E-state index in [2.05, 4.69) is 103 Å². The van der Waals surface area contributed by atoms with E-state index in [9.17, 15) is 0 Å². The van der Waals surface area contributed by atoms with Gasteiger partial charge in [-0.2, -0.15) is 0 Å². The van der Waals surface area contributed by atoms with Gasteiger partial charge >= 0.3 is 0 Å². The molecule has 2 unspecified atom stereocenters. The van der Waals surface area contributed by atoms with Crippen LogP contribution in [0.15, 0.2) is 73.1 Å². The fraction of sp³-hybridized carbons (Fsp3) is 0.643. The van der Waals surface area contributed by atoms with Crippen LogP contribution >= 0.6 is 0 Å². The van der Waals surface area contributed by atoms with Crippen molar-refractivity contribution in [2.45, 2.75) is 173 Å². The zero-order valence-electron chi connectivity index (χ0n) is 29.0. The van der Waals surface area contributed by atoms with E-state index in [0.717, 1.165) is 13.0 Å². The maximum Gasteiger partial charge on any atom is 0.258 e. The van der Waals surface area contributed by atoms with Crippen LogP contribution in [0.3, 0.4) is 0 Å². The largest absolute Gasteiger partial charge is 0.258 e. The number of imidazole rings is 1. The van der Waals surface area contributed by atoms with Gasteiger partial charge in [-0.3, -0.25) is 0 Å². The Balaban J connectivity index is 1.64. The number of aromatic amines is 1. The highest BCUT2D eigenvalue weighted by Gasteiger charge is 2.41. The van der Waals surface area contributed by atoms with E-state index in [1.165, 1.54) is 145 Å². The fourth-order valence-electron chi connectivity index (χ4n) is 7.32. The summed E-state index contributed by atoms with van der Waals surface area (Å²) in [6, 6.07) is 22.6. The molecule has 0 spiro atoms. The van der Waals surface area contributed by atoms with Crippen molar-refractivity contribution in [2.24, 2.45) is 0 Å². The van der Waals surface area contributed by atoms with Crippen LogP contribution in [0.2, 0.25) is 0 Å². The molecule has 2 heteroatoms. The zero-order chi connectivity index (χ0) is 31.1. The second-order valence-corrected chi connectivity index (χ2v) is 13.8. The second kappa shape index (κ2) is 22.2. The molecular formula is C42H67N2+. The van der Waals surface area contributed by atoms with Crippen molar-refractivity contribution in [1.82, 2.24) is 4.98 Å². The summed E-state index contributed by atoms with van der Waals surface area (Å²) >= 11 is 0. The minimum Gasteiger partial charge on any atom is -0.247 e. The van der Waals surface area contributed by atoms with Gasteiger partial charge in [-0.15, -0.1) is 0 Å². The molecule has 3 aromatic rings. The van der Waals surface area contributed by atoms with E-state index in [-0.39, 0.29) is 5.41 Å². The van der Waals surface area contributed by atoms with Crippen LogP contribution in [0.1, 0.15) is 172 Å². The molecule has 0 amide bonds. The number of benzene rings is 2. The molecule has 1 aromatic heterocycles. The SMILES string of the molecule is CCCCCCCCCCCCCC[n+]1cc[nH]c1C(CCCCCCCCC)C(C)(Cc1ccccc1)c1ccccc1. The molecule has 2 atom stereocenters. The quantitative estimate of drug-likeness (QED) is 0.0699. The lowest BCUT2D eigenvalue weighted by molar-refractivity contribution is -0.705. The van der Waals surface area contributed by atoms with Crippen molar-refractivity contribution in [1.29, 1.82) is 0 Å². The van der Waals surface area contributed by atoms with Gasteiger partial charge in [0.2, 0.25) is 0 Å². The monoisotopic (exact) mass is 600 g/mol. The minimum atomic E-state index is 0.00790. The van der Waals surface area contributed by atoms with Crippen LogP contribution in [-0.4, -0.2) is 4.98 Å². The van der Waals surface area contributed by atoms with E-state index in [1.54, 1.807) is 0 Å². The standard InChI is InChI=1S/C42H66N2/c1-4-6-8-10-12-13-14-15-16-18-20-28-35-44-36-34-43-41(44)40(33-27-19-17-11-9-7-5-2)42(3,39-31-25-22-26-32-39)37-38-29-23-21-24-30-38/h21-26,29-32,34,36,40H,4-20,27-28,33,35,37H2,1-3H3/p+1. The first kappa shape index (κ1) is 36.1. The summed E-state index contributed by atoms with van der Waals surface area (Å²) < 4.78 is 2.58. The van der Waals surface area contributed by atoms with Crippen molar-refractivity contribution in [3.8, 4) is 0 Å². The van der Waals surface area contributed by atoms with Crippen LogP contribution in [0, 0.1) is 0 Å². The van der Waals surface area contributed by atoms with Crippen molar-refractivity contribution in [2.75, 3.05) is 0 Å². The summed E-state index contributed by atoms with van der Waals surface area (Å²) in [6.07, 6.45) is 33.1. The molecule has 0 aliphatic heterocycles. The number of rotatable bonds is 26. The van der Waals surface area contributed by atoms with Gasteiger partial charge < -0.3 is 0 Å². The molecule has 1 heterocycles. The van der Waals surface area contributed by atoms with Crippen molar-refractivity contribution in [3.05, 3.63) is 90.0 Å². The molecule has 244 valence electrons. The van der Waals surface area contributed by atoms with Crippen molar-refractivity contribution >= 4 is 0 Å². The minimum absolute atomic E-state index is 0.00790. The van der Waals surface area contributed by atoms with Gasteiger partial charge in [0.05, 0.1) is 12.5 Å². The fourth-order valence-corrected chi connectivity index (χ4v) is 7.32. The average Bonchev–Trinajstić information content (AvgIpc) is 3.51. The predicted molar refractivity (Wildman–Crippen MR) is 191 cm³/mol. The molecule has 0 aliphatic rings. The highest BCUT2D eigenvalue weighted by molar-refractivity contribution is 5.32. The number of hydrogen-bond acceptors (Lipinski definition) is 0. The summed E-state index contributed by atoms with van der Waals surface area (Å²) in [7, 11) is 0. The number of nitrogens with one attached hydrogen (secondary N) is 1. The van der Waals surface area contributed by atoms with E-state index in [1.807, 2.05) is 0 Å². The lowest BCUT2D eigenvalue weighted by Gasteiger charge is -2.37. The number of hydrogen-bond donors (Lipinski definition) is 1. The summed E-state index contributed by atoms with van der Waals surface area (Å²) in [6.45, 7) is 8.28. The topological polar surface area (TPSA) is 19.7 Å². The Kier molecular flexibility index (Phi) is 18.2. The number of aryl methyl sites for hydroxylation is 1. The van der Waals surface area contributed by atoms with Gasteiger partial charge in [0, 0.05) is 5.41 Å². The summed E-state index contributed by atoms with van der Waals surface area (Å²) in [5.74, 6) is 1.87. The highest BCUT2D eigenvalue weighted by Crippen LogP contribution is 2.43. The third-order valence-corrected chi connectivity index (χ3v) is 10.1. The maximum atomic E-state index is 3.79. The Morgan fingerprint density at radius 1 is 0.591 bits per heavy atom. The van der Waals surface area contributed by atoms with Gasteiger partial charge in [0.25, 0.3) is 5.82 Å². The Hall–Kier alpha value is -2.35. The van der Waals surface area contributed by atoms with Crippen molar-refractivity contribution in [3.63, 3.8) is 0 Å². The zero-order valence-corrected chi connectivity index (χ0v) is 29.0.